The second-order valence-corrected chi connectivity index (χ2v) is 6.98. The van der Waals surface area contributed by atoms with E-state index >= 15 is 0 Å². The number of benzene rings is 2. The summed E-state index contributed by atoms with van der Waals surface area (Å²) < 4.78 is 0. The number of nitrogens with zero attached hydrogens (tertiary/aromatic N) is 2. The molecule has 0 aliphatic carbocycles. The van der Waals surface area contributed by atoms with Crippen molar-refractivity contribution >= 4 is 17.5 Å². The molecular weight excluding hydrogens is 338 g/mol. The predicted octanol–water partition coefficient (Wildman–Crippen LogP) is 3.67. The average molecular weight is 365 g/mol. The fourth-order valence-corrected chi connectivity index (χ4v) is 3.34. The molecule has 1 saturated heterocycles. The summed E-state index contributed by atoms with van der Waals surface area (Å²) >= 11 is 0. The molecule has 1 N–H and O–H groups in total. The van der Waals surface area contributed by atoms with E-state index in [-0.39, 0.29) is 11.8 Å². The van der Waals surface area contributed by atoms with Gasteiger partial charge in [-0.2, -0.15) is 0 Å². The Kier molecular flexibility index (Phi) is 6.60. The summed E-state index contributed by atoms with van der Waals surface area (Å²) in [6.45, 7) is 5.83. The van der Waals surface area contributed by atoms with Crippen molar-refractivity contribution in [3.63, 3.8) is 0 Å². The van der Waals surface area contributed by atoms with Crippen molar-refractivity contribution in [1.29, 1.82) is 0 Å². The van der Waals surface area contributed by atoms with Gasteiger partial charge in [-0.15, -0.1) is 0 Å². The van der Waals surface area contributed by atoms with Crippen molar-refractivity contribution in [2.75, 3.05) is 38.0 Å². The number of carbonyl (C=O) groups excluding carboxylic acids is 2. The standard InChI is InChI=1S/C22H27N3O2/c1-18(26)20-10-5-11-21(17-20)23-22(27)25-15-13-24(14-16-25)12-6-9-19-7-3-2-4-8-19/h2-5,7-8,10-11,17H,6,9,12-16H2,1H3,(H,23,27). The normalized spacial score (nSPS) is 14.8. The molecule has 2 aromatic carbocycles. The van der Waals surface area contributed by atoms with Gasteiger partial charge >= 0.3 is 6.03 Å². The van der Waals surface area contributed by atoms with Crippen LogP contribution in [0.5, 0.6) is 0 Å². The van der Waals surface area contributed by atoms with Crippen LogP contribution in [0.2, 0.25) is 0 Å². The second-order valence-electron chi connectivity index (χ2n) is 6.98. The molecule has 1 aliphatic heterocycles. The molecule has 5 heteroatoms. The Bertz CT molecular complexity index is 768. The zero-order valence-electron chi connectivity index (χ0n) is 15.9. The summed E-state index contributed by atoms with van der Waals surface area (Å²) in [4.78, 5) is 28.2. The largest absolute Gasteiger partial charge is 0.322 e. The van der Waals surface area contributed by atoms with Crippen molar-refractivity contribution < 1.29 is 9.59 Å². The van der Waals surface area contributed by atoms with Crippen molar-refractivity contribution in [1.82, 2.24) is 9.80 Å². The highest BCUT2D eigenvalue weighted by molar-refractivity contribution is 5.96. The van der Waals surface area contributed by atoms with E-state index in [1.54, 1.807) is 18.2 Å². The van der Waals surface area contributed by atoms with Gasteiger partial charge in [-0.05, 0) is 44.0 Å². The molecule has 0 saturated carbocycles. The number of urea groups is 1. The van der Waals surface area contributed by atoms with E-state index in [1.807, 2.05) is 17.0 Å². The molecule has 0 aromatic heterocycles. The number of amides is 2. The monoisotopic (exact) mass is 365 g/mol. The summed E-state index contributed by atoms with van der Waals surface area (Å²) in [7, 11) is 0. The maximum absolute atomic E-state index is 12.5. The Labute approximate surface area is 161 Å². The van der Waals surface area contributed by atoms with Gasteiger partial charge in [-0.25, -0.2) is 4.79 Å². The lowest BCUT2D eigenvalue weighted by atomic mass is 10.1. The number of Topliss-reactive ketones (excluding diaryl/α,β-unsaturated/α-hetero) is 1. The molecule has 1 aliphatic rings. The Hall–Kier alpha value is -2.66. The van der Waals surface area contributed by atoms with E-state index in [0.29, 0.717) is 11.3 Å². The van der Waals surface area contributed by atoms with Crippen LogP contribution in [0, 0.1) is 0 Å². The molecule has 1 heterocycles. The molecule has 0 radical (unpaired) electrons. The molecule has 2 amide bonds. The van der Waals surface area contributed by atoms with Crippen LogP contribution in [-0.4, -0.2) is 54.3 Å². The van der Waals surface area contributed by atoms with Crippen molar-refractivity contribution in [3.05, 3.63) is 65.7 Å². The summed E-state index contributed by atoms with van der Waals surface area (Å²) in [5, 5.41) is 2.90. The molecule has 2 aromatic rings. The van der Waals surface area contributed by atoms with Gasteiger partial charge in [-0.3, -0.25) is 9.69 Å². The smallest absolute Gasteiger partial charge is 0.321 e. The highest BCUT2D eigenvalue weighted by Gasteiger charge is 2.20. The molecule has 0 bridgehead atoms. The SMILES string of the molecule is CC(=O)c1cccc(NC(=O)N2CCN(CCCc3ccccc3)CC2)c1. The number of piperazine rings is 1. The molecule has 5 nitrogen and oxygen atoms in total. The molecule has 27 heavy (non-hydrogen) atoms. The van der Waals surface area contributed by atoms with Crippen LogP contribution in [-0.2, 0) is 6.42 Å². The van der Waals surface area contributed by atoms with Crippen LogP contribution < -0.4 is 5.32 Å². The second kappa shape index (κ2) is 9.33. The van der Waals surface area contributed by atoms with Gasteiger partial charge < -0.3 is 10.2 Å². The van der Waals surface area contributed by atoms with Gasteiger partial charge in [0.1, 0.15) is 0 Å². The maximum atomic E-state index is 12.5. The van der Waals surface area contributed by atoms with Gasteiger partial charge in [0.15, 0.2) is 5.78 Å². The highest BCUT2D eigenvalue weighted by Crippen LogP contribution is 2.13. The van der Waals surface area contributed by atoms with Crippen LogP contribution >= 0.6 is 0 Å². The lowest BCUT2D eigenvalue weighted by Crippen LogP contribution is -2.50. The molecule has 3 rings (SSSR count). The lowest BCUT2D eigenvalue weighted by molar-refractivity contribution is 0.101. The number of carbonyl (C=O) groups is 2. The zero-order valence-corrected chi connectivity index (χ0v) is 15.9. The maximum Gasteiger partial charge on any atom is 0.321 e. The van der Waals surface area contributed by atoms with Gasteiger partial charge in [0.05, 0.1) is 0 Å². The van der Waals surface area contributed by atoms with E-state index in [0.717, 1.165) is 45.6 Å². The van der Waals surface area contributed by atoms with Gasteiger partial charge in [0.25, 0.3) is 0 Å². The predicted molar refractivity (Wildman–Crippen MR) is 108 cm³/mol. The summed E-state index contributed by atoms with van der Waals surface area (Å²) in [6.07, 6.45) is 2.22. The first kappa shape index (κ1) is 19.1. The van der Waals surface area contributed by atoms with Crippen molar-refractivity contribution in [2.45, 2.75) is 19.8 Å². The van der Waals surface area contributed by atoms with Crippen LogP contribution in [0.1, 0.15) is 29.3 Å². The summed E-state index contributed by atoms with van der Waals surface area (Å²) in [5.74, 6) is -0.00443. The molecule has 0 unspecified atom stereocenters. The fourth-order valence-electron chi connectivity index (χ4n) is 3.34. The topological polar surface area (TPSA) is 52.7 Å². The third kappa shape index (κ3) is 5.66. The Morgan fingerprint density at radius 3 is 2.41 bits per heavy atom. The first-order valence-electron chi connectivity index (χ1n) is 9.55. The third-order valence-electron chi connectivity index (χ3n) is 4.96. The van der Waals surface area contributed by atoms with E-state index in [1.165, 1.54) is 12.5 Å². The van der Waals surface area contributed by atoms with Gasteiger partial charge in [0, 0.05) is 37.4 Å². The van der Waals surface area contributed by atoms with Crippen LogP contribution in [0.25, 0.3) is 0 Å². The molecule has 0 spiro atoms. The molecule has 1 fully saturated rings. The van der Waals surface area contributed by atoms with Gasteiger partial charge in [-0.1, -0.05) is 42.5 Å². The number of rotatable bonds is 6. The number of hydrogen-bond acceptors (Lipinski definition) is 3. The molecular formula is C22H27N3O2. The Morgan fingerprint density at radius 2 is 1.70 bits per heavy atom. The fraction of sp³-hybridized carbons (Fsp3) is 0.364. The van der Waals surface area contributed by atoms with E-state index in [4.69, 9.17) is 0 Å². The molecule has 0 atom stereocenters. The Balaban J connectivity index is 1.41. The van der Waals surface area contributed by atoms with Crippen LogP contribution in [0.4, 0.5) is 10.5 Å². The summed E-state index contributed by atoms with van der Waals surface area (Å²) in [5.41, 5.74) is 2.65. The first-order chi connectivity index (χ1) is 13.1. The van der Waals surface area contributed by atoms with E-state index in [2.05, 4.69) is 34.5 Å². The number of ketones is 1. The van der Waals surface area contributed by atoms with Crippen LogP contribution in [0.3, 0.4) is 0 Å². The summed E-state index contributed by atoms with van der Waals surface area (Å²) in [6, 6.07) is 17.5. The third-order valence-corrected chi connectivity index (χ3v) is 4.96. The average Bonchev–Trinajstić information content (AvgIpc) is 2.69. The minimum Gasteiger partial charge on any atom is -0.322 e. The lowest BCUT2D eigenvalue weighted by Gasteiger charge is -2.34. The highest BCUT2D eigenvalue weighted by atomic mass is 16.2. The van der Waals surface area contributed by atoms with E-state index < -0.39 is 0 Å². The number of nitrogens with one attached hydrogen (secondary N) is 1. The van der Waals surface area contributed by atoms with Crippen molar-refractivity contribution in [2.24, 2.45) is 0 Å². The number of aryl methyl sites for hydroxylation is 1. The van der Waals surface area contributed by atoms with Gasteiger partial charge in [0.2, 0.25) is 0 Å². The number of hydrogen-bond donors (Lipinski definition) is 1. The van der Waals surface area contributed by atoms with Crippen LogP contribution in [0.15, 0.2) is 54.6 Å². The molecule has 142 valence electrons. The minimum atomic E-state index is -0.0976. The quantitative estimate of drug-likeness (QED) is 0.795. The zero-order chi connectivity index (χ0) is 19.1. The first-order valence-corrected chi connectivity index (χ1v) is 9.55. The van der Waals surface area contributed by atoms with E-state index in [9.17, 15) is 9.59 Å². The minimum absolute atomic E-state index is 0.00443. The number of anilines is 1. The Morgan fingerprint density at radius 1 is 0.963 bits per heavy atom. The van der Waals surface area contributed by atoms with Crippen molar-refractivity contribution in [3.8, 4) is 0 Å².